The van der Waals surface area contributed by atoms with Crippen LogP contribution in [-0.4, -0.2) is 12.6 Å². The minimum atomic E-state index is 0.360. The van der Waals surface area contributed by atoms with Crippen LogP contribution in [0.4, 0.5) is 0 Å². The first-order valence-electron chi connectivity index (χ1n) is 6.85. The van der Waals surface area contributed by atoms with Gasteiger partial charge in [-0.1, -0.05) is 27.7 Å². The van der Waals surface area contributed by atoms with Crippen molar-refractivity contribution in [2.24, 2.45) is 23.7 Å². The summed E-state index contributed by atoms with van der Waals surface area (Å²) in [5.74, 6) is 8.03. The Kier molecular flexibility index (Phi) is 9.28. The summed E-state index contributed by atoms with van der Waals surface area (Å²) in [6.07, 6.45) is 4.71. The largest absolute Gasteiger partial charge is 0.303 e. The highest BCUT2D eigenvalue weighted by atomic mass is 16.1. The van der Waals surface area contributed by atoms with Crippen molar-refractivity contribution in [2.45, 2.75) is 53.4 Å². The molecule has 0 radical (unpaired) electrons. The molecule has 0 aromatic heterocycles. The molecule has 0 aliphatic heterocycles. The molecule has 0 aliphatic carbocycles. The number of hydrogen-bond acceptors (Lipinski definition) is 2. The van der Waals surface area contributed by atoms with E-state index in [9.17, 15) is 9.59 Å². The van der Waals surface area contributed by atoms with Gasteiger partial charge in [-0.2, -0.15) is 0 Å². The van der Waals surface area contributed by atoms with Crippen LogP contribution < -0.4 is 0 Å². The third kappa shape index (κ3) is 7.27. The van der Waals surface area contributed by atoms with Crippen molar-refractivity contribution >= 4 is 12.6 Å². The van der Waals surface area contributed by atoms with Gasteiger partial charge in [-0.25, -0.2) is 0 Å². The Labute approximate surface area is 112 Å². The highest BCUT2D eigenvalue weighted by molar-refractivity contribution is 5.50. The van der Waals surface area contributed by atoms with Crippen molar-refractivity contribution < 1.29 is 9.59 Å². The summed E-state index contributed by atoms with van der Waals surface area (Å²) >= 11 is 0. The van der Waals surface area contributed by atoms with Crippen LogP contribution in [0.3, 0.4) is 0 Å². The molecule has 2 atom stereocenters. The molecule has 0 amide bonds. The lowest BCUT2D eigenvalue weighted by Crippen LogP contribution is -2.09. The molecule has 0 saturated carbocycles. The number of aldehydes is 2. The fraction of sp³-hybridized carbons (Fsp3) is 0.750. The van der Waals surface area contributed by atoms with Gasteiger partial charge in [0.15, 0.2) is 0 Å². The fourth-order valence-corrected chi connectivity index (χ4v) is 1.84. The van der Waals surface area contributed by atoms with Crippen molar-refractivity contribution in [1.82, 2.24) is 0 Å². The molecule has 0 aromatic carbocycles. The molecule has 0 rings (SSSR count). The van der Waals surface area contributed by atoms with Crippen LogP contribution in [0.5, 0.6) is 0 Å². The van der Waals surface area contributed by atoms with Crippen LogP contribution >= 0.6 is 0 Å². The molecule has 0 unspecified atom stereocenters. The standard InChI is InChI=1S/C16H26O2/c1-13(2)15(9-11-17)7-5-6-8-16(10-12-18)14(3)4/h11-16H,7-10H2,1-4H3/t15-,16-/m1/s1. The van der Waals surface area contributed by atoms with E-state index in [2.05, 4.69) is 39.5 Å². The van der Waals surface area contributed by atoms with Crippen molar-refractivity contribution in [2.75, 3.05) is 0 Å². The van der Waals surface area contributed by atoms with E-state index in [1.807, 2.05) is 0 Å². The summed E-state index contributed by atoms with van der Waals surface area (Å²) in [6, 6.07) is 0. The van der Waals surface area contributed by atoms with Gasteiger partial charge in [0.2, 0.25) is 0 Å². The summed E-state index contributed by atoms with van der Waals surface area (Å²) < 4.78 is 0. The van der Waals surface area contributed by atoms with E-state index >= 15 is 0 Å². The van der Waals surface area contributed by atoms with Gasteiger partial charge in [0.1, 0.15) is 12.6 Å². The second-order valence-electron chi connectivity index (χ2n) is 5.57. The van der Waals surface area contributed by atoms with E-state index in [0.29, 0.717) is 36.5 Å². The summed E-state index contributed by atoms with van der Waals surface area (Å²) in [5, 5.41) is 0. The van der Waals surface area contributed by atoms with Gasteiger partial charge in [0.05, 0.1) is 0 Å². The topological polar surface area (TPSA) is 34.1 Å². The third-order valence-electron chi connectivity index (χ3n) is 3.54. The smallest absolute Gasteiger partial charge is 0.120 e. The van der Waals surface area contributed by atoms with Gasteiger partial charge in [0.25, 0.3) is 0 Å². The van der Waals surface area contributed by atoms with E-state index in [0.717, 1.165) is 25.4 Å². The van der Waals surface area contributed by atoms with E-state index < -0.39 is 0 Å². The monoisotopic (exact) mass is 250 g/mol. The molecule has 0 spiro atoms. The molecule has 102 valence electrons. The molecule has 0 N–H and O–H groups in total. The molecule has 0 fully saturated rings. The maximum Gasteiger partial charge on any atom is 0.120 e. The van der Waals surface area contributed by atoms with Gasteiger partial charge in [0, 0.05) is 25.7 Å². The second kappa shape index (κ2) is 9.88. The zero-order chi connectivity index (χ0) is 14.0. The molecule has 0 aliphatic rings. The zero-order valence-electron chi connectivity index (χ0n) is 12.1. The third-order valence-corrected chi connectivity index (χ3v) is 3.54. The van der Waals surface area contributed by atoms with Gasteiger partial charge < -0.3 is 9.59 Å². The van der Waals surface area contributed by atoms with Gasteiger partial charge in [-0.15, -0.1) is 11.8 Å². The molecular weight excluding hydrogens is 224 g/mol. The molecule has 0 aromatic rings. The first kappa shape index (κ1) is 16.9. The maximum absolute atomic E-state index is 10.5. The van der Waals surface area contributed by atoms with Gasteiger partial charge in [-0.3, -0.25) is 0 Å². The van der Waals surface area contributed by atoms with Crippen molar-refractivity contribution in [3.8, 4) is 11.8 Å². The van der Waals surface area contributed by atoms with Crippen LogP contribution in [0.25, 0.3) is 0 Å². The molecule has 0 heterocycles. The van der Waals surface area contributed by atoms with Gasteiger partial charge >= 0.3 is 0 Å². The van der Waals surface area contributed by atoms with Gasteiger partial charge in [-0.05, 0) is 23.7 Å². The Morgan fingerprint density at radius 1 is 0.778 bits per heavy atom. The molecule has 18 heavy (non-hydrogen) atoms. The quantitative estimate of drug-likeness (QED) is 0.488. The molecule has 0 bridgehead atoms. The summed E-state index contributed by atoms with van der Waals surface area (Å²) in [6.45, 7) is 8.50. The van der Waals surface area contributed by atoms with E-state index in [1.54, 1.807) is 0 Å². The first-order chi connectivity index (χ1) is 8.52. The number of hydrogen-bond donors (Lipinski definition) is 0. The second-order valence-corrected chi connectivity index (χ2v) is 5.57. The normalized spacial score (nSPS) is 13.9. The van der Waals surface area contributed by atoms with E-state index in [-0.39, 0.29) is 0 Å². The number of carbonyl (C=O) groups excluding carboxylic acids is 2. The van der Waals surface area contributed by atoms with Crippen LogP contribution in [0.2, 0.25) is 0 Å². The fourth-order valence-electron chi connectivity index (χ4n) is 1.84. The summed E-state index contributed by atoms with van der Waals surface area (Å²) in [7, 11) is 0. The minimum Gasteiger partial charge on any atom is -0.303 e. The zero-order valence-corrected chi connectivity index (χ0v) is 12.1. The van der Waals surface area contributed by atoms with Crippen LogP contribution in [-0.2, 0) is 9.59 Å². The Bertz CT molecular complexity index is 266. The summed E-state index contributed by atoms with van der Waals surface area (Å²) in [5.41, 5.74) is 0. The predicted molar refractivity (Wildman–Crippen MR) is 75.0 cm³/mol. The Hall–Kier alpha value is -1.10. The molecule has 2 nitrogen and oxygen atoms in total. The van der Waals surface area contributed by atoms with Crippen molar-refractivity contribution in [1.29, 1.82) is 0 Å². The van der Waals surface area contributed by atoms with Crippen LogP contribution in [0, 0.1) is 35.5 Å². The number of carbonyl (C=O) groups is 2. The molecule has 0 saturated heterocycles. The first-order valence-corrected chi connectivity index (χ1v) is 6.85. The minimum absolute atomic E-state index is 0.360. The average molecular weight is 250 g/mol. The SMILES string of the molecule is CC(C)[C@H](CC#CC[C@H](CC=O)C(C)C)CC=O. The van der Waals surface area contributed by atoms with Crippen LogP contribution in [0.1, 0.15) is 53.4 Å². The highest BCUT2D eigenvalue weighted by Crippen LogP contribution is 2.19. The summed E-state index contributed by atoms with van der Waals surface area (Å²) in [4.78, 5) is 21.1. The lowest BCUT2D eigenvalue weighted by Gasteiger charge is -2.16. The maximum atomic E-state index is 10.5. The lowest BCUT2D eigenvalue weighted by atomic mass is 9.88. The molecular formula is C16H26O2. The molecule has 2 heteroatoms. The Morgan fingerprint density at radius 3 is 1.33 bits per heavy atom. The average Bonchev–Trinajstić information content (AvgIpc) is 2.30. The Balaban J connectivity index is 4.22. The Morgan fingerprint density at radius 2 is 1.11 bits per heavy atom. The van der Waals surface area contributed by atoms with E-state index in [1.165, 1.54) is 0 Å². The lowest BCUT2D eigenvalue weighted by molar-refractivity contribution is -0.109. The number of rotatable bonds is 8. The van der Waals surface area contributed by atoms with E-state index in [4.69, 9.17) is 0 Å². The van der Waals surface area contributed by atoms with Crippen LogP contribution in [0.15, 0.2) is 0 Å². The predicted octanol–water partition coefficient (Wildman–Crippen LogP) is 3.49. The van der Waals surface area contributed by atoms with Crippen molar-refractivity contribution in [3.05, 3.63) is 0 Å². The van der Waals surface area contributed by atoms with Crippen molar-refractivity contribution in [3.63, 3.8) is 0 Å². The highest BCUT2D eigenvalue weighted by Gasteiger charge is 2.12.